The number of benzene rings is 2. The van der Waals surface area contributed by atoms with Crippen LogP contribution in [0.2, 0.25) is 15.1 Å². The van der Waals surface area contributed by atoms with Crippen molar-refractivity contribution in [1.29, 1.82) is 0 Å². The van der Waals surface area contributed by atoms with Crippen LogP contribution in [-0.2, 0) is 30.4 Å². The average molecular weight is 885 g/mol. The highest BCUT2D eigenvalue weighted by atomic mass is 35.5. The molecule has 0 spiro atoms. The van der Waals surface area contributed by atoms with Crippen LogP contribution in [0.1, 0.15) is 65.8 Å². The summed E-state index contributed by atoms with van der Waals surface area (Å²) < 4.78 is 12.9. The zero-order chi connectivity index (χ0) is 42.1. The maximum Gasteiger partial charge on any atom is 0.248 e. The van der Waals surface area contributed by atoms with E-state index in [1.54, 1.807) is 33.4 Å². The SMILES string of the molecule is CC(=O)NCCOCCOCC(=O)N1CCC(CC(=O)NC2=NN(c3ccc(Cl)c(Cl)c3)CC2)CC1.Cc1sc2c(c1C)C(c1ccc(Cl)cc1)=NCc1nnc(C)n1-2. The number of aromatic nitrogens is 3. The number of carbonyl (C=O) groups excluding carboxylic acids is 3. The normalized spacial score (nSPS) is 15.0. The van der Waals surface area contributed by atoms with E-state index in [9.17, 15) is 14.4 Å². The van der Waals surface area contributed by atoms with Crippen molar-refractivity contribution in [2.45, 2.75) is 59.9 Å². The Bertz CT molecular complexity index is 2200. The molecule has 0 aliphatic carbocycles. The standard InChI is InChI=1S/C24H33Cl2N5O5.C17H15ClN4S/c1-17(32)27-7-11-35-12-13-36-16-24(34)30-8-4-18(5-9-30)14-23(33)28-22-6-10-31(29-22)19-2-3-20(25)21(26)15-19;1-9-10(2)23-17-15(9)16(12-4-6-13(18)7-5-12)19-8-14-21-20-11(3)22(14)17/h2-3,15,18H,4-14,16H2,1H3,(H,27,32)(H,28,29,33);4-7H,8H2,1-3H3. The molecule has 18 heteroatoms. The first-order chi connectivity index (χ1) is 28.4. The summed E-state index contributed by atoms with van der Waals surface area (Å²) in [6, 6.07) is 13.2. The van der Waals surface area contributed by atoms with E-state index in [0.717, 1.165) is 51.5 Å². The zero-order valence-corrected chi connectivity index (χ0v) is 36.6. The molecule has 0 unspecified atom stereocenters. The van der Waals surface area contributed by atoms with Gasteiger partial charge in [0.25, 0.3) is 0 Å². The van der Waals surface area contributed by atoms with Gasteiger partial charge in [-0.15, -0.1) is 21.5 Å². The van der Waals surface area contributed by atoms with Gasteiger partial charge in [-0.2, -0.15) is 5.10 Å². The second-order valence-corrected chi connectivity index (χ2v) is 16.8. The molecular weight excluding hydrogens is 837 g/mol. The number of rotatable bonds is 12. The molecule has 314 valence electrons. The lowest BCUT2D eigenvalue weighted by Crippen LogP contribution is -2.41. The van der Waals surface area contributed by atoms with E-state index in [-0.39, 0.29) is 30.2 Å². The van der Waals surface area contributed by atoms with Crippen LogP contribution >= 0.6 is 46.1 Å². The highest BCUT2D eigenvalue weighted by Gasteiger charge is 2.28. The molecule has 7 rings (SSSR count). The van der Waals surface area contributed by atoms with Crippen LogP contribution in [0.3, 0.4) is 0 Å². The lowest BCUT2D eigenvalue weighted by Gasteiger charge is -2.31. The molecule has 2 aromatic carbocycles. The summed E-state index contributed by atoms with van der Waals surface area (Å²) >= 11 is 19.9. The molecule has 3 aliphatic heterocycles. The third-order valence-corrected chi connectivity index (χ3v) is 12.3. The van der Waals surface area contributed by atoms with Crippen LogP contribution in [-0.4, -0.2) is 102 Å². The number of hydrogen-bond donors (Lipinski definition) is 2. The molecule has 1 saturated heterocycles. The number of aliphatic imine (C=N–C) groups is 1. The van der Waals surface area contributed by atoms with E-state index in [0.29, 0.717) is 81.3 Å². The van der Waals surface area contributed by atoms with Crippen LogP contribution in [0.15, 0.2) is 52.6 Å². The number of amides is 3. The Balaban J connectivity index is 0.000000217. The van der Waals surface area contributed by atoms with Gasteiger partial charge in [0.05, 0.1) is 41.3 Å². The van der Waals surface area contributed by atoms with E-state index in [2.05, 4.69) is 44.3 Å². The third kappa shape index (κ3) is 11.7. The molecular formula is C41H48Cl3N9O5S. The van der Waals surface area contributed by atoms with Gasteiger partial charge < -0.3 is 25.0 Å². The van der Waals surface area contributed by atoms with Gasteiger partial charge in [-0.3, -0.25) is 29.0 Å². The molecule has 0 bridgehead atoms. The summed E-state index contributed by atoms with van der Waals surface area (Å²) in [5.74, 6) is 2.43. The van der Waals surface area contributed by atoms with Gasteiger partial charge in [0.15, 0.2) is 5.82 Å². The van der Waals surface area contributed by atoms with Crippen molar-refractivity contribution in [2.75, 3.05) is 57.6 Å². The van der Waals surface area contributed by atoms with Gasteiger partial charge in [-0.1, -0.05) is 46.9 Å². The molecule has 1 fully saturated rings. The minimum atomic E-state index is -0.0965. The Morgan fingerprint density at radius 1 is 0.915 bits per heavy atom. The number of hydrogen-bond acceptors (Lipinski definition) is 11. The topological polar surface area (TPSA) is 156 Å². The Labute approximate surface area is 362 Å². The first kappa shape index (κ1) is 44.2. The molecule has 4 aromatic rings. The maximum absolute atomic E-state index is 12.5. The van der Waals surface area contributed by atoms with Crippen LogP contribution in [0.5, 0.6) is 0 Å². The van der Waals surface area contributed by atoms with Gasteiger partial charge in [0.1, 0.15) is 29.8 Å². The number of amidine groups is 1. The summed E-state index contributed by atoms with van der Waals surface area (Å²) in [7, 11) is 0. The highest BCUT2D eigenvalue weighted by molar-refractivity contribution is 7.15. The number of nitrogens with one attached hydrogen (secondary N) is 2. The molecule has 3 aliphatic rings. The first-order valence-electron chi connectivity index (χ1n) is 19.5. The van der Waals surface area contributed by atoms with E-state index < -0.39 is 0 Å². The van der Waals surface area contributed by atoms with Crippen molar-refractivity contribution < 1.29 is 23.9 Å². The van der Waals surface area contributed by atoms with Gasteiger partial charge in [0.2, 0.25) is 17.7 Å². The van der Waals surface area contributed by atoms with E-state index in [1.165, 1.54) is 22.9 Å². The molecule has 2 N–H and O–H groups in total. The summed E-state index contributed by atoms with van der Waals surface area (Å²) in [6.07, 6.45) is 2.58. The number of thiophene rings is 1. The molecule has 2 aromatic heterocycles. The average Bonchev–Trinajstić information content (AvgIpc) is 3.88. The fourth-order valence-corrected chi connectivity index (χ4v) is 8.54. The summed E-state index contributed by atoms with van der Waals surface area (Å²) in [6.45, 7) is 11.7. The van der Waals surface area contributed by atoms with Crippen LogP contribution in [0, 0.1) is 26.7 Å². The zero-order valence-electron chi connectivity index (χ0n) is 33.5. The molecule has 0 radical (unpaired) electrons. The van der Waals surface area contributed by atoms with Gasteiger partial charge in [-0.05, 0) is 75.4 Å². The third-order valence-electron chi connectivity index (χ3n) is 10.1. The molecule has 0 atom stereocenters. The number of anilines is 1. The predicted molar refractivity (Wildman–Crippen MR) is 232 cm³/mol. The van der Waals surface area contributed by atoms with Crippen molar-refractivity contribution in [3.8, 4) is 5.00 Å². The Morgan fingerprint density at radius 3 is 2.39 bits per heavy atom. The number of hydrazone groups is 1. The largest absolute Gasteiger partial charge is 0.377 e. The fourth-order valence-electron chi connectivity index (χ4n) is 6.90. The number of piperidine rings is 1. The molecule has 14 nitrogen and oxygen atoms in total. The lowest BCUT2D eigenvalue weighted by atomic mass is 9.93. The summed E-state index contributed by atoms with van der Waals surface area (Å²) in [5, 5.41) is 23.2. The Hall–Kier alpha value is -4.38. The second-order valence-electron chi connectivity index (χ2n) is 14.4. The smallest absolute Gasteiger partial charge is 0.248 e. The molecule has 0 saturated carbocycles. The number of halogens is 3. The van der Waals surface area contributed by atoms with E-state index in [4.69, 9.17) is 49.3 Å². The van der Waals surface area contributed by atoms with Gasteiger partial charge >= 0.3 is 0 Å². The number of nitrogens with zero attached hydrogens (tertiary/aromatic N) is 7. The number of aryl methyl sites for hydroxylation is 2. The van der Waals surface area contributed by atoms with Crippen LogP contribution in [0.4, 0.5) is 5.69 Å². The molecule has 3 amide bonds. The number of fused-ring (bicyclic) bond motifs is 3. The van der Waals surface area contributed by atoms with Crippen LogP contribution < -0.4 is 15.6 Å². The molecule has 59 heavy (non-hydrogen) atoms. The monoisotopic (exact) mass is 883 g/mol. The Morgan fingerprint density at radius 2 is 1.66 bits per heavy atom. The number of likely N-dealkylation sites (tertiary alicyclic amines) is 1. The van der Waals surface area contributed by atoms with Crippen molar-refractivity contribution in [1.82, 2.24) is 30.3 Å². The number of ether oxygens (including phenoxy) is 2. The predicted octanol–water partition coefficient (Wildman–Crippen LogP) is 6.69. The first-order valence-corrected chi connectivity index (χ1v) is 21.4. The second kappa shape index (κ2) is 20.7. The van der Waals surface area contributed by atoms with E-state index in [1.807, 2.05) is 37.3 Å². The van der Waals surface area contributed by atoms with Gasteiger partial charge in [0, 0.05) is 67.0 Å². The quantitative estimate of drug-likeness (QED) is 0.149. The van der Waals surface area contributed by atoms with Crippen molar-refractivity contribution >= 4 is 81.1 Å². The maximum atomic E-state index is 12.5. The fraction of sp³-hybridized carbons (Fsp3) is 0.439. The lowest BCUT2D eigenvalue weighted by molar-refractivity contribution is -0.138. The highest BCUT2D eigenvalue weighted by Crippen LogP contribution is 2.36. The minimum Gasteiger partial charge on any atom is -0.377 e. The van der Waals surface area contributed by atoms with E-state index >= 15 is 0 Å². The minimum absolute atomic E-state index is 0.00929. The number of carbonyl (C=O) groups is 3. The van der Waals surface area contributed by atoms with Crippen molar-refractivity contribution in [3.63, 3.8) is 0 Å². The molecule has 5 heterocycles. The van der Waals surface area contributed by atoms with Crippen molar-refractivity contribution in [3.05, 3.63) is 90.7 Å². The Kier molecular flexibility index (Phi) is 15.5. The van der Waals surface area contributed by atoms with Crippen LogP contribution in [0.25, 0.3) is 5.00 Å². The summed E-state index contributed by atoms with van der Waals surface area (Å²) in [4.78, 5) is 43.6. The summed E-state index contributed by atoms with van der Waals surface area (Å²) in [5.41, 5.74) is 5.34. The van der Waals surface area contributed by atoms with Crippen molar-refractivity contribution in [2.24, 2.45) is 16.0 Å². The van der Waals surface area contributed by atoms with Gasteiger partial charge in [-0.25, -0.2) is 0 Å².